The maximum atomic E-state index is 13.3. The molecule has 2 aromatic heterocycles. The molecule has 3 aromatic rings. The Labute approximate surface area is 180 Å². The molecule has 0 bridgehead atoms. The topological polar surface area (TPSA) is 54.8 Å². The molecule has 6 nitrogen and oxygen atoms in total. The maximum absolute atomic E-state index is 13.3. The first-order valence-electron chi connectivity index (χ1n) is 10.5. The SMILES string of the molecule is CCOC(=O)N1CCN(C(=O)c2cc3ccsc3n2CCCc2ccccc2)CC1. The number of hydrogen-bond acceptors (Lipinski definition) is 4. The number of piperazine rings is 1. The maximum Gasteiger partial charge on any atom is 0.409 e. The Balaban J connectivity index is 1.44. The van der Waals surface area contributed by atoms with Crippen molar-refractivity contribution < 1.29 is 14.3 Å². The summed E-state index contributed by atoms with van der Waals surface area (Å²) in [5, 5.41) is 3.19. The van der Waals surface area contributed by atoms with Gasteiger partial charge in [-0.05, 0) is 42.8 Å². The highest BCUT2D eigenvalue weighted by atomic mass is 32.1. The summed E-state index contributed by atoms with van der Waals surface area (Å²) in [6.45, 7) is 5.05. The highest BCUT2D eigenvalue weighted by molar-refractivity contribution is 7.16. The summed E-state index contributed by atoms with van der Waals surface area (Å²) < 4.78 is 7.24. The third kappa shape index (κ3) is 4.36. The first-order chi connectivity index (χ1) is 14.7. The second-order valence-corrected chi connectivity index (χ2v) is 8.32. The van der Waals surface area contributed by atoms with Crippen molar-refractivity contribution in [2.75, 3.05) is 32.8 Å². The van der Waals surface area contributed by atoms with Gasteiger partial charge in [0.05, 0.1) is 6.61 Å². The van der Waals surface area contributed by atoms with Crippen LogP contribution < -0.4 is 0 Å². The molecule has 1 aliphatic heterocycles. The van der Waals surface area contributed by atoms with Gasteiger partial charge in [0, 0.05) is 38.1 Å². The molecule has 0 radical (unpaired) electrons. The number of carbonyl (C=O) groups is 2. The monoisotopic (exact) mass is 425 g/mol. The highest BCUT2D eigenvalue weighted by Crippen LogP contribution is 2.27. The van der Waals surface area contributed by atoms with E-state index in [0.717, 1.165) is 35.3 Å². The number of aromatic nitrogens is 1. The van der Waals surface area contributed by atoms with E-state index in [0.29, 0.717) is 32.8 Å². The van der Waals surface area contributed by atoms with Crippen molar-refractivity contribution in [2.24, 2.45) is 0 Å². The average molecular weight is 426 g/mol. The molecule has 7 heteroatoms. The van der Waals surface area contributed by atoms with Crippen LogP contribution in [0.25, 0.3) is 10.2 Å². The largest absolute Gasteiger partial charge is 0.450 e. The van der Waals surface area contributed by atoms with Crippen LogP contribution in [0.4, 0.5) is 4.79 Å². The van der Waals surface area contributed by atoms with Gasteiger partial charge < -0.3 is 19.1 Å². The Kier molecular flexibility index (Phi) is 6.38. The molecule has 0 atom stereocenters. The standard InChI is InChI=1S/C23H27N3O3S/c1-2-29-23(28)25-14-12-24(13-15-25)21(27)20-17-19-10-16-30-22(19)26(20)11-6-9-18-7-4-3-5-8-18/h3-5,7-8,10,16-17H,2,6,9,11-15H2,1H3. The zero-order valence-corrected chi connectivity index (χ0v) is 18.1. The second kappa shape index (κ2) is 9.34. The van der Waals surface area contributed by atoms with Gasteiger partial charge in [0.25, 0.3) is 5.91 Å². The predicted octanol–water partition coefficient (Wildman–Crippen LogP) is 4.25. The van der Waals surface area contributed by atoms with E-state index in [1.165, 1.54) is 5.56 Å². The lowest BCUT2D eigenvalue weighted by molar-refractivity contribution is 0.0562. The van der Waals surface area contributed by atoms with Crippen molar-refractivity contribution in [2.45, 2.75) is 26.3 Å². The molecule has 1 aliphatic rings. The van der Waals surface area contributed by atoms with Crippen LogP contribution in [0.3, 0.4) is 0 Å². The first-order valence-corrected chi connectivity index (χ1v) is 11.4. The smallest absolute Gasteiger partial charge is 0.409 e. The van der Waals surface area contributed by atoms with E-state index in [9.17, 15) is 9.59 Å². The number of aryl methyl sites for hydroxylation is 2. The molecule has 3 heterocycles. The molecule has 0 N–H and O–H groups in total. The molecule has 2 amide bonds. The Morgan fingerprint density at radius 1 is 1.03 bits per heavy atom. The van der Waals surface area contributed by atoms with Crippen LogP contribution in [0, 0.1) is 0 Å². The summed E-state index contributed by atoms with van der Waals surface area (Å²) in [5.41, 5.74) is 2.06. The van der Waals surface area contributed by atoms with Gasteiger partial charge in [-0.25, -0.2) is 4.79 Å². The van der Waals surface area contributed by atoms with Crippen LogP contribution in [0.5, 0.6) is 0 Å². The van der Waals surface area contributed by atoms with Gasteiger partial charge in [-0.3, -0.25) is 4.79 Å². The van der Waals surface area contributed by atoms with E-state index in [1.807, 2.05) is 17.0 Å². The number of ether oxygens (including phenoxy) is 1. The third-order valence-corrected chi connectivity index (χ3v) is 6.46. The molecule has 158 valence electrons. The predicted molar refractivity (Wildman–Crippen MR) is 119 cm³/mol. The van der Waals surface area contributed by atoms with Gasteiger partial charge in [-0.1, -0.05) is 30.3 Å². The quantitative estimate of drug-likeness (QED) is 0.593. The van der Waals surface area contributed by atoms with E-state index >= 15 is 0 Å². The van der Waals surface area contributed by atoms with E-state index in [-0.39, 0.29) is 12.0 Å². The number of fused-ring (bicyclic) bond motifs is 1. The van der Waals surface area contributed by atoms with E-state index in [2.05, 4.69) is 40.3 Å². The Morgan fingerprint density at radius 2 is 1.77 bits per heavy atom. The summed E-state index contributed by atoms with van der Waals surface area (Å²) in [6.07, 6.45) is 1.66. The fraction of sp³-hybridized carbons (Fsp3) is 0.391. The molecular weight excluding hydrogens is 398 g/mol. The van der Waals surface area contributed by atoms with Crippen molar-refractivity contribution in [1.29, 1.82) is 0 Å². The van der Waals surface area contributed by atoms with Crippen molar-refractivity contribution in [3.8, 4) is 0 Å². The minimum absolute atomic E-state index is 0.0432. The summed E-state index contributed by atoms with van der Waals surface area (Å²) in [7, 11) is 0. The second-order valence-electron chi connectivity index (χ2n) is 7.43. The van der Waals surface area contributed by atoms with E-state index in [4.69, 9.17) is 4.74 Å². The Morgan fingerprint density at radius 3 is 2.50 bits per heavy atom. The molecule has 0 unspecified atom stereocenters. The lowest BCUT2D eigenvalue weighted by Gasteiger charge is -2.34. The van der Waals surface area contributed by atoms with Gasteiger partial charge >= 0.3 is 6.09 Å². The van der Waals surface area contributed by atoms with Gasteiger partial charge in [0.15, 0.2) is 0 Å². The zero-order valence-electron chi connectivity index (χ0n) is 17.3. The van der Waals surface area contributed by atoms with Crippen LogP contribution >= 0.6 is 11.3 Å². The van der Waals surface area contributed by atoms with Crippen LogP contribution in [0.1, 0.15) is 29.4 Å². The molecule has 4 rings (SSSR count). The Bertz CT molecular complexity index is 1000. The molecule has 0 aliphatic carbocycles. The number of thiophene rings is 1. The van der Waals surface area contributed by atoms with E-state index < -0.39 is 0 Å². The molecular formula is C23H27N3O3S. The molecule has 1 aromatic carbocycles. The van der Waals surface area contributed by atoms with Gasteiger partial charge in [0.1, 0.15) is 10.5 Å². The van der Waals surface area contributed by atoms with Gasteiger partial charge in [-0.2, -0.15) is 0 Å². The number of hydrogen-bond donors (Lipinski definition) is 0. The number of rotatable bonds is 6. The fourth-order valence-corrected chi connectivity index (χ4v) is 4.85. The highest BCUT2D eigenvalue weighted by Gasteiger charge is 2.27. The number of nitrogens with zero attached hydrogens (tertiary/aromatic N) is 3. The average Bonchev–Trinajstić information content (AvgIpc) is 3.37. The number of amides is 2. The molecule has 0 saturated carbocycles. The van der Waals surface area contributed by atoms with Crippen LogP contribution in [-0.2, 0) is 17.7 Å². The van der Waals surface area contributed by atoms with Crippen molar-refractivity contribution in [3.63, 3.8) is 0 Å². The first kappa shape index (κ1) is 20.5. The van der Waals surface area contributed by atoms with Crippen LogP contribution in [-0.4, -0.2) is 59.2 Å². The minimum atomic E-state index is -0.297. The van der Waals surface area contributed by atoms with Crippen molar-refractivity contribution in [1.82, 2.24) is 14.4 Å². The number of benzene rings is 1. The minimum Gasteiger partial charge on any atom is -0.450 e. The van der Waals surface area contributed by atoms with Gasteiger partial charge in [0.2, 0.25) is 0 Å². The lowest BCUT2D eigenvalue weighted by Crippen LogP contribution is -2.51. The summed E-state index contributed by atoms with van der Waals surface area (Å²) >= 11 is 1.68. The summed E-state index contributed by atoms with van der Waals surface area (Å²) in [4.78, 5) is 29.9. The van der Waals surface area contributed by atoms with Crippen molar-refractivity contribution >= 4 is 33.6 Å². The zero-order chi connectivity index (χ0) is 20.9. The van der Waals surface area contributed by atoms with Crippen molar-refractivity contribution in [3.05, 3.63) is 59.1 Å². The molecule has 1 fully saturated rings. The summed E-state index contributed by atoms with van der Waals surface area (Å²) in [5.74, 6) is 0.0432. The fourth-order valence-electron chi connectivity index (χ4n) is 3.93. The lowest BCUT2D eigenvalue weighted by atomic mass is 10.1. The normalized spacial score (nSPS) is 14.3. The third-order valence-electron chi connectivity index (χ3n) is 5.50. The van der Waals surface area contributed by atoms with E-state index in [1.54, 1.807) is 23.2 Å². The molecule has 1 saturated heterocycles. The summed E-state index contributed by atoms with van der Waals surface area (Å²) in [6, 6.07) is 14.5. The van der Waals surface area contributed by atoms with Gasteiger partial charge in [-0.15, -0.1) is 11.3 Å². The molecule has 30 heavy (non-hydrogen) atoms. The van der Waals surface area contributed by atoms with Crippen LogP contribution in [0.2, 0.25) is 0 Å². The Hall–Kier alpha value is -2.80. The van der Waals surface area contributed by atoms with Crippen LogP contribution in [0.15, 0.2) is 47.8 Å². The number of carbonyl (C=O) groups excluding carboxylic acids is 2. The molecule has 0 spiro atoms.